The lowest BCUT2D eigenvalue weighted by Crippen LogP contribution is -2.26. The fourth-order valence-electron chi connectivity index (χ4n) is 2.19. The SMILES string of the molecule is CCCCOc1cc(C=CS(=O)(=O)NC(=O)O)n(Cc2ccc(Cl)cc2Cl)n1. The molecule has 0 fully saturated rings. The van der Waals surface area contributed by atoms with Crippen LogP contribution in [0.25, 0.3) is 6.08 Å². The van der Waals surface area contributed by atoms with Gasteiger partial charge in [0, 0.05) is 16.1 Å². The molecule has 0 unspecified atom stereocenters. The number of hydrogen-bond acceptors (Lipinski definition) is 5. The molecule has 0 spiro atoms. The van der Waals surface area contributed by atoms with Gasteiger partial charge in [0.05, 0.1) is 24.3 Å². The summed E-state index contributed by atoms with van der Waals surface area (Å²) in [5.41, 5.74) is 1.11. The molecule has 0 saturated heterocycles. The summed E-state index contributed by atoms with van der Waals surface area (Å²) < 4.78 is 31.9. The second kappa shape index (κ2) is 9.81. The molecule has 0 atom stereocenters. The Morgan fingerprint density at radius 2 is 2.11 bits per heavy atom. The highest BCUT2D eigenvalue weighted by Crippen LogP contribution is 2.23. The molecular formula is C17H19Cl2N3O5S. The van der Waals surface area contributed by atoms with Gasteiger partial charge in [-0.2, -0.15) is 0 Å². The fourth-order valence-corrected chi connectivity index (χ4v) is 3.28. The number of rotatable bonds is 9. The average molecular weight is 448 g/mol. The highest BCUT2D eigenvalue weighted by molar-refractivity contribution is 7.93. The zero-order valence-electron chi connectivity index (χ0n) is 14.9. The van der Waals surface area contributed by atoms with Crippen molar-refractivity contribution in [2.75, 3.05) is 6.61 Å². The topological polar surface area (TPSA) is 111 Å². The number of hydrogen-bond donors (Lipinski definition) is 2. The summed E-state index contributed by atoms with van der Waals surface area (Å²) in [7, 11) is -4.15. The standard InChI is InChI=1S/C17H19Cl2N3O5S/c1-2-3-7-27-16-10-14(6-8-28(25,26)21-17(23)24)22(20-16)11-12-4-5-13(18)9-15(12)19/h4-6,8-10,21H,2-3,7,11H2,1H3,(H,23,24). The van der Waals surface area contributed by atoms with Gasteiger partial charge < -0.3 is 9.84 Å². The number of nitrogens with one attached hydrogen (secondary N) is 1. The first-order chi connectivity index (χ1) is 13.2. The Bertz CT molecular complexity index is 973. The zero-order valence-corrected chi connectivity index (χ0v) is 17.3. The molecule has 0 bridgehead atoms. The van der Waals surface area contributed by atoms with Crippen LogP contribution in [-0.2, 0) is 16.6 Å². The van der Waals surface area contributed by atoms with E-state index in [4.69, 9.17) is 33.0 Å². The molecule has 1 heterocycles. The number of halogens is 2. The van der Waals surface area contributed by atoms with Crippen LogP contribution >= 0.6 is 23.2 Å². The second-order valence-corrected chi connectivity index (χ2v) is 8.17. The highest BCUT2D eigenvalue weighted by Gasteiger charge is 2.13. The van der Waals surface area contributed by atoms with Gasteiger partial charge in [-0.25, -0.2) is 17.9 Å². The molecule has 152 valence electrons. The van der Waals surface area contributed by atoms with E-state index in [0.29, 0.717) is 28.2 Å². The van der Waals surface area contributed by atoms with Crippen LogP contribution < -0.4 is 9.46 Å². The van der Waals surface area contributed by atoms with Gasteiger partial charge in [0.15, 0.2) is 0 Å². The normalized spacial score (nSPS) is 11.7. The Kier molecular flexibility index (Phi) is 7.73. The third-order valence-corrected chi connectivity index (χ3v) is 5.06. The maximum Gasteiger partial charge on any atom is 0.418 e. The molecule has 28 heavy (non-hydrogen) atoms. The quantitative estimate of drug-likeness (QED) is 0.562. The van der Waals surface area contributed by atoms with E-state index in [2.05, 4.69) is 5.10 Å². The van der Waals surface area contributed by atoms with Crippen LogP contribution in [0.3, 0.4) is 0 Å². The number of nitrogens with zero attached hydrogens (tertiary/aromatic N) is 2. The Hall–Kier alpha value is -2.23. The molecule has 2 aromatic rings. The summed E-state index contributed by atoms with van der Waals surface area (Å²) in [6.07, 6.45) is 1.36. The Balaban J connectivity index is 2.32. The third kappa shape index (κ3) is 6.74. The molecule has 0 saturated carbocycles. The minimum Gasteiger partial charge on any atom is -0.477 e. The number of carbonyl (C=O) groups is 1. The molecule has 0 aliphatic heterocycles. The molecule has 0 aliphatic carbocycles. The number of ether oxygens (including phenoxy) is 1. The second-order valence-electron chi connectivity index (χ2n) is 5.76. The van der Waals surface area contributed by atoms with Crippen LogP contribution in [0.4, 0.5) is 4.79 Å². The van der Waals surface area contributed by atoms with Crippen LogP contribution in [0.2, 0.25) is 10.0 Å². The van der Waals surface area contributed by atoms with Crippen molar-refractivity contribution in [1.29, 1.82) is 0 Å². The predicted molar refractivity (Wildman–Crippen MR) is 107 cm³/mol. The van der Waals surface area contributed by atoms with E-state index in [1.807, 2.05) is 6.92 Å². The summed E-state index contributed by atoms with van der Waals surface area (Å²) in [4.78, 5) is 10.6. The number of benzene rings is 1. The van der Waals surface area contributed by atoms with Gasteiger partial charge >= 0.3 is 6.09 Å². The summed E-state index contributed by atoms with van der Waals surface area (Å²) in [5.74, 6) is 0.321. The zero-order chi connectivity index (χ0) is 20.7. The van der Waals surface area contributed by atoms with Gasteiger partial charge in [0.25, 0.3) is 10.0 Å². The largest absolute Gasteiger partial charge is 0.477 e. The van der Waals surface area contributed by atoms with Gasteiger partial charge in [-0.15, -0.1) is 5.10 Å². The predicted octanol–water partition coefficient (Wildman–Crippen LogP) is 3.99. The Morgan fingerprint density at radius 3 is 2.75 bits per heavy atom. The minimum atomic E-state index is -4.15. The molecule has 8 nitrogen and oxygen atoms in total. The summed E-state index contributed by atoms with van der Waals surface area (Å²) >= 11 is 12.1. The number of amides is 1. The molecule has 11 heteroatoms. The number of sulfonamides is 1. The van der Waals surface area contributed by atoms with Crippen LogP contribution in [0.1, 0.15) is 31.0 Å². The van der Waals surface area contributed by atoms with Gasteiger partial charge in [0.1, 0.15) is 0 Å². The van der Waals surface area contributed by atoms with Gasteiger partial charge in [-0.05, 0) is 30.2 Å². The molecular weight excluding hydrogens is 429 g/mol. The lowest BCUT2D eigenvalue weighted by molar-refractivity contribution is 0.201. The van der Waals surface area contributed by atoms with E-state index in [9.17, 15) is 13.2 Å². The van der Waals surface area contributed by atoms with Gasteiger partial charge in [-0.1, -0.05) is 42.6 Å². The van der Waals surface area contributed by atoms with Crippen molar-refractivity contribution in [1.82, 2.24) is 14.5 Å². The van der Waals surface area contributed by atoms with E-state index in [1.54, 1.807) is 24.3 Å². The fraction of sp³-hybridized carbons (Fsp3) is 0.294. The molecule has 0 aliphatic rings. The highest BCUT2D eigenvalue weighted by atomic mass is 35.5. The van der Waals surface area contributed by atoms with Crippen LogP contribution in [-0.4, -0.2) is 36.0 Å². The lowest BCUT2D eigenvalue weighted by Gasteiger charge is -2.07. The van der Waals surface area contributed by atoms with Crippen molar-refractivity contribution in [2.45, 2.75) is 26.3 Å². The minimum absolute atomic E-state index is 0.235. The van der Waals surface area contributed by atoms with E-state index < -0.39 is 16.1 Å². The van der Waals surface area contributed by atoms with Crippen molar-refractivity contribution in [2.24, 2.45) is 0 Å². The van der Waals surface area contributed by atoms with Crippen molar-refractivity contribution >= 4 is 45.4 Å². The molecule has 0 radical (unpaired) electrons. The lowest BCUT2D eigenvalue weighted by atomic mass is 10.2. The van der Waals surface area contributed by atoms with E-state index in [0.717, 1.165) is 23.8 Å². The summed E-state index contributed by atoms with van der Waals surface area (Å²) in [6, 6.07) is 6.57. The van der Waals surface area contributed by atoms with Crippen molar-refractivity contribution in [3.8, 4) is 5.88 Å². The summed E-state index contributed by atoms with van der Waals surface area (Å²) in [6.45, 7) is 2.73. The van der Waals surface area contributed by atoms with E-state index >= 15 is 0 Å². The van der Waals surface area contributed by atoms with Crippen molar-refractivity contribution < 1.29 is 23.1 Å². The van der Waals surface area contributed by atoms with E-state index in [-0.39, 0.29) is 6.54 Å². The van der Waals surface area contributed by atoms with Crippen LogP contribution in [0, 0.1) is 0 Å². The van der Waals surface area contributed by atoms with Crippen LogP contribution in [0.5, 0.6) is 5.88 Å². The van der Waals surface area contributed by atoms with E-state index in [1.165, 1.54) is 15.5 Å². The molecule has 2 N–H and O–H groups in total. The first kappa shape index (κ1) is 22.1. The van der Waals surface area contributed by atoms with Gasteiger partial charge in [-0.3, -0.25) is 4.68 Å². The number of unbranched alkanes of at least 4 members (excludes halogenated alkanes) is 1. The van der Waals surface area contributed by atoms with Crippen LogP contribution in [0.15, 0.2) is 29.7 Å². The Morgan fingerprint density at radius 1 is 1.36 bits per heavy atom. The van der Waals surface area contributed by atoms with Gasteiger partial charge in [0.2, 0.25) is 5.88 Å². The number of aromatic nitrogens is 2. The maximum atomic E-state index is 11.7. The molecule has 1 amide bonds. The molecule has 1 aromatic heterocycles. The molecule has 2 rings (SSSR count). The monoisotopic (exact) mass is 447 g/mol. The smallest absolute Gasteiger partial charge is 0.418 e. The number of carboxylic acid groups (broad SMARTS) is 1. The van der Waals surface area contributed by atoms with Crippen molar-refractivity contribution in [3.05, 3.63) is 51.0 Å². The van der Waals surface area contributed by atoms with Crippen molar-refractivity contribution in [3.63, 3.8) is 0 Å². The maximum absolute atomic E-state index is 11.7. The molecule has 1 aromatic carbocycles. The average Bonchev–Trinajstić information content (AvgIpc) is 2.97. The first-order valence-electron chi connectivity index (χ1n) is 8.28. The summed E-state index contributed by atoms with van der Waals surface area (Å²) in [5, 5.41) is 14.6. The Labute approximate surface area is 172 Å². The third-order valence-electron chi connectivity index (χ3n) is 3.52. The first-order valence-corrected chi connectivity index (χ1v) is 10.6.